The van der Waals surface area contributed by atoms with E-state index in [0.717, 1.165) is 30.7 Å². The summed E-state index contributed by atoms with van der Waals surface area (Å²) in [6, 6.07) is 3.27. The number of hydrogen-bond acceptors (Lipinski definition) is 4. The van der Waals surface area contributed by atoms with Crippen LogP contribution in [-0.4, -0.2) is 41.7 Å². The van der Waals surface area contributed by atoms with Gasteiger partial charge in [0.2, 0.25) is 0 Å². The minimum atomic E-state index is -0.143. The number of likely N-dealkylation sites (tertiary alicyclic amines) is 1. The second-order valence-corrected chi connectivity index (χ2v) is 6.92. The van der Waals surface area contributed by atoms with Gasteiger partial charge in [-0.2, -0.15) is 5.10 Å². The molecule has 8 heteroatoms. The number of nitrogens with zero attached hydrogens (tertiary/aromatic N) is 5. The molecule has 0 aliphatic carbocycles. The molecule has 1 amide bonds. The van der Waals surface area contributed by atoms with Gasteiger partial charge in [-0.05, 0) is 33.1 Å². The van der Waals surface area contributed by atoms with E-state index in [9.17, 15) is 9.59 Å². The van der Waals surface area contributed by atoms with Gasteiger partial charge in [-0.3, -0.25) is 19.4 Å². The second-order valence-electron chi connectivity index (χ2n) is 6.92. The number of carbonyl (C=O) groups is 1. The minimum absolute atomic E-state index is 0.0181. The number of amides is 1. The van der Waals surface area contributed by atoms with Gasteiger partial charge in [0.1, 0.15) is 0 Å². The van der Waals surface area contributed by atoms with E-state index in [2.05, 4.69) is 15.2 Å². The van der Waals surface area contributed by atoms with E-state index in [1.54, 1.807) is 17.8 Å². The van der Waals surface area contributed by atoms with Crippen LogP contribution < -0.4 is 5.56 Å². The number of carbonyl (C=O) groups excluding carboxylic acids is 1. The molecule has 1 aliphatic rings. The number of aryl methyl sites for hydroxylation is 2. The van der Waals surface area contributed by atoms with E-state index in [1.807, 2.05) is 24.9 Å². The minimum Gasteiger partial charge on any atom is -0.330 e. The van der Waals surface area contributed by atoms with Crippen molar-refractivity contribution in [2.45, 2.75) is 39.2 Å². The Morgan fingerprint density at radius 1 is 1.27 bits per heavy atom. The first-order valence-corrected chi connectivity index (χ1v) is 8.84. The molecule has 0 unspecified atom stereocenters. The van der Waals surface area contributed by atoms with Gasteiger partial charge in [0.15, 0.2) is 5.65 Å². The molecule has 1 saturated heterocycles. The third kappa shape index (κ3) is 2.61. The lowest BCUT2D eigenvalue weighted by Crippen LogP contribution is -2.39. The number of nitrogens with one attached hydrogen (secondary N) is 1. The lowest BCUT2D eigenvalue weighted by Gasteiger charge is -2.35. The summed E-state index contributed by atoms with van der Waals surface area (Å²) >= 11 is 0. The zero-order valence-corrected chi connectivity index (χ0v) is 15.2. The highest BCUT2D eigenvalue weighted by atomic mass is 16.2. The van der Waals surface area contributed by atoms with Crippen molar-refractivity contribution in [3.8, 4) is 0 Å². The molecule has 0 bridgehead atoms. The van der Waals surface area contributed by atoms with Crippen molar-refractivity contribution in [3.05, 3.63) is 51.3 Å². The third-order valence-corrected chi connectivity index (χ3v) is 5.19. The van der Waals surface area contributed by atoms with Crippen molar-refractivity contribution >= 4 is 11.6 Å². The number of aromatic amines is 1. The Labute approximate surface area is 150 Å². The van der Waals surface area contributed by atoms with Crippen molar-refractivity contribution in [1.82, 2.24) is 29.3 Å². The van der Waals surface area contributed by atoms with Gasteiger partial charge in [-0.25, -0.2) is 9.50 Å². The maximum Gasteiger partial charge on any atom is 0.272 e. The highest BCUT2D eigenvalue weighted by Gasteiger charge is 2.31. The molecular formula is C18H22N6O2. The molecule has 0 saturated carbocycles. The zero-order valence-electron chi connectivity index (χ0n) is 15.2. The first-order chi connectivity index (χ1) is 12.5. The SMILES string of the molecule is Cc1cc(=O)n2[nH]c([C@H]3CCCCN3C(=O)c3cnn(C)c3C)cc2n1. The Balaban J connectivity index is 1.74. The molecule has 1 aliphatic heterocycles. The summed E-state index contributed by atoms with van der Waals surface area (Å²) < 4.78 is 3.15. The Bertz CT molecular complexity index is 1040. The summed E-state index contributed by atoms with van der Waals surface area (Å²) in [5.41, 5.74) is 3.44. The van der Waals surface area contributed by atoms with Gasteiger partial charge < -0.3 is 4.90 Å². The fourth-order valence-corrected chi connectivity index (χ4v) is 3.66. The summed E-state index contributed by atoms with van der Waals surface area (Å²) in [6.07, 6.45) is 4.49. The van der Waals surface area contributed by atoms with Crippen LogP contribution in [0.1, 0.15) is 52.7 Å². The molecule has 1 atom stereocenters. The molecule has 4 rings (SSSR count). The standard InChI is InChI=1S/C18H22N6O2/c1-11-8-17(25)24-16(20-11)9-14(21-24)15-6-4-5-7-23(15)18(26)13-10-19-22(3)12(13)2/h8-10,15,21H,4-7H2,1-3H3/t15-/m1/s1. The molecule has 1 fully saturated rings. The van der Waals surface area contributed by atoms with Crippen LogP contribution in [0.2, 0.25) is 0 Å². The lowest BCUT2D eigenvalue weighted by molar-refractivity contribution is 0.0605. The highest BCUT2D eigenvalue weighted by Crippen LogP contribution is 2.32. The van der Waals surface area contributed by atoms with Crippen molar-refractivity contribution in [1.29, 1.82) is 0 Å². The molecule has 4 heterocycles. The van der Waals surface area contributed by atoms with E-state index >= 15 is 0 Å². The predicted octanol–water partition coefficient (Wildman–Crippen LogP) is 1.74. The molecular weight excluding hydrogens is 332 g/mol. The number of hydrogen-bond donors (Lipinski definition) is 1. The maximum atomic E-state index is 13.1. The zero-order chi connectivity index (χ0) is 18.4. The van der Waals surface area contributed by atoms with Crippen LogP contribution in [0.4, 0.5) is 0 Å². The summed E-state index contributed by atoms with van der Waals surface area (Å²) in [5, 5.41) is 7.34. The molecule has 26 heavy (non-hydrogen) atoms. The Morgan fingerprint density at radius 3 is 2.81 bits per heavy atom. The van der Waals surface area contributed by atoms with Gasteiger partial charge in [0.25, 0.3) is 11.5 Å². The molecule has 3 aromatic rings. The van der Waals surface area contributed by atoms with Crippen LogP contribution in [-0.2, 0) is 7.05 Å². The van der Waals surface area contributed by atoms with Crippen LogP contribution >= 0.6 is 0 Å². The Kier molecular flexibility index (Phi) is 3.90. The first-order valence-electron chi connectivity index (χ1n) is 8.84. The smallest absolute Gasteiger partial charge is 0.272 e. The molecule has 8 nitrogen and oxygen atoms in total. The maximum absolute atomic E-state index is 13.1. The van der Waals surface area contributed by atoms with Crippen LogP contribution in [0.5, 0.6) is 0 Å². The van der Waals surface area contributed by atoms with Crippen LogP contribution in [0.15, 0.2) is 23.1 Å². The van der Waals surface area contributed by atoms with E-state index in [-0.39, 0.29) is 17.5 Å². The normalized spacial score (nSPS) is 17.8. The number of piperidine rings is 1. The van der Waals surface area contributed by atoms with E-state index in [4.69, 9.17) is 0 Å². The average Bonchev–Trinajstić information content (AvgIpc) is 3.19. The number of aromatic nitrogens is 5. The largest absolute Gasteiger partial charge is 0.330 e. The third-order valence-electron chi connectivity index (χ3n) is 5.19. The summed E-state index contributed by atoms with van der Waals surface area (Å²) in [6.45, 7) is 4.39. The van der Waals surface area contributed by atoms with E-state index in [1.165, 1.54) is 10.6 Å². The van der Waals surface area contributed by atoms with Gasteiger partial charge in [0.05, 0.1) is 23.5 Å². The van der Waals surface area contributed by atoms with Crippen molar-refractivity contribution < 1.29 is 4.79 Å². The molecule has 0 radical (unpaired) electrons. The number of rotatable bonds is 2. The van der Waals surface area contributed by atoms with Crippen LogP contribution in [0, 0.1) is 13.8 Å². The van der Waals surface area contributed by atoms with Crippen LogP contribution in [0.25, 0.3) is 5.65 Å². The molecule has 0 aromatic carbocycles. The molecule has 0 spiro atoms. The average molecular weight is 354 g/mol. The fraction of sp³-hybridized carbons (Fsp3) is 0.444. The van der Waals surface area contributed by atoms with Crippen molar-refractivity contribution in [2.75, 3.05) is 6.54 Å². The fourth-order valence-electron chi connectivity index (χ4n) is 3.66. The van der Waals surface area contributed by atoms with Gasteiger partial charge in [0, 0.05) is 37.1 Å². The number of H-pyrrole nitrogens is 1. The summed E-state index contributed by atoms with van der Waals surface area (Å²) in [5.74, 6) is -0.0181. The molecule has 136 valence electrons. The second kappa shape index (κ2) is 6.12. The predicted molar refractivity (Wildman–Crippen MR) is 96.1 cm³/mol. The topological polar surface area (TPSA) is 88.3 Å². The Morgan fingerprint density at radius 2 is 2.08 bits per heavy atom. The van der Waals surface area contributed by atoms with Gasteiger partial charge >= 0.3 is 0 Å². The lowest BCUT2D eigenvalue weighted by atomic mass is 9.98. The highest BCUT2D eigenvalue weighted by molar-refractivity contribution is 5.95. The Hall–Kier alpha value is -2.90. The van der Waals surface area contributed by atoms with Gasteiger partial charge in [-0.15, -0.1) is 0 Å². The van der Waals surface area contributed by atoms with E-state index in [0.29, 0.717) is 23.4 Å². The van der Waals surface area contributed by atoms with Crippen LogP contribution in [0.3, 0.4) is 0 Å². The monoisotopic (exact) mass is 354 g/mol. The quantitative estimate of drug-likeness (QED) is 0.759. The number of fused-ring (bicyclic) bond motifs is 1. The molecule has 3 aromatic heterocycles. The van der Waals surface area contributed by atoms with Crippen molar-refractivity contribution in [3.63, 3.8) is 0 Å². The summed E-state index contributed by atoms with van der Waals surface area (Å²) in [4.78, 5) is 31.6. The summed E-state index contributed by atoms with van der Waals surface area (Å²) in [7, 11) is 1.83. The van der Waals surface area contributed by atoms with Gasteiger partial charge in [-0.1, -0.05) is 0 Å². The van der Waals surface area contributed by atoms with E-state index < -0.39 is 0 Å². The van der Waals surface area contributed by atoms with Crippen molar-refractivity contribution in [2.24, 2.45) is 7.05 Å². The first kappa shape index (κ1) is 16.6. The molecule has 1 N–H and O–H groups in total.